The molecule has 23 heavy (non-hydrogen) atoms. The number of nitrogens with one attached hydrogen (secondary N) is 2. The van der Waals surface area contributed by atoms with Gasteiger partial charge in [-0.3, -0.25) is 4.79 Å². The molecule has 0 saturated carbocycles. The Kier molecular flexibility index (Phi) is 8.94. The molecule has 124 valence electrons. The van der Waals surface area contributed by atoms with Gasteiger partial charge in [-0.2, -0.15) is 5.26 Å². The van der Waals surface area contributed by atoms with Crippen molar-refractivity contribution in [2.75, 3.05) is 26.9 Å². The highest BCUT2D eigenvalue weighted by Crippen LogP contribution is 2.11. The maximum atomic E-state index is 11.9. The Hall–Kier alpha value is -2.52. The number of methoxy groups -OCH3 is 1. The van der Waals surface area contributed by atoms with Crippen LogP contribution in [-0.4, -0.2) is 32.8 Å². The van der Waals surface area contributed by atoms with Crippen molar-refractivity contribution in [2.24, 2.45) is 0 Å². The third-order valence-electron chi connectivity index (χ3n) is 3.04. The second kappa shape index (κ2) is 11.1. The van der Waals surface area contributed by atoms with Gasteiger partial charge in [-0.1, -0.05) is 12.1 Å². The van der Waals surface area contributed by atoms with Crippen molar-refractivity contribution in [3.63, 3.8) is 0 Å². The van der Waals surface area contributed by atoms with Gasteiger partial charge in [0.2, 0.25) is 0 Å². The number of carbonyl (C=O) groups excluding carboxylic acids is 1. The summed E-state index contributed by atoms with van der Waals surface area (Å²) in [6.45, 7) is 4.29. The Bertz CT molecular complexity index is 547. The molecule has 0 unspecified atom stereocenters. The van der Waals surface area contributed by atoms with Crippen LogP contribution in [0.1, 0.15) is 18.9 Å². The number of nitrogens with zero attached hydrogens (tertiary/aromatic N) is 1. The highest BCUT2D eigenvalue weighted by Gasteiger charge is 2.08. The van der Waals surface area contributed by atoms with E-state index < -0.39 is 5.91 Å². The van der Waals surface area contributed by atoms with Gasteiger partial charge in [0.15, 0.2) is 0 Å². The van der Waals surface area contributed by atoms with Crippen molar-refractivity contribution in [3.8, 4) is 11.8 Å². The molecule has 0 spiro atoms. The lowest BCUT2D eigenvalue weighted by molar-refractivity contribution is -0.117. The molecular weight excluding hydrogens is 294 g/mol. The van der Waals surface area contributed by atoms with E-state index in [1.807, 2.05) is 37.3 Å². The van der Waals surface area contributed by atoms with Crippen LogP contribution in [0.2, 0.25) is 0 Å². The van der Waals surface area contributed by atoms with E-state index in [4.69, 9.17) is 14.7 Å². The molecule has 0 heterocycles. The van der Waals surface area contributed by atoms with Gasteiger partial charge in [0.25, 0.3) is 5.91 Å². The first-order valence-electron chi connectivity index (χ1n) is 7.53. The third-order valence-corrected chi connectivity index (χ3v) is 3.04. The van der Waals surface area contributed by atoms with Crippen molar-refractivity contribution in [1.29, 1.82) is 5.26 Å². The predicted octanol–water partition coefficient (Wildman–Crippen LogP) is 1.74. The van der Waals surface area contributed by atoms with Gasteiger partial charge in [-0.15, -0.1) is 0 Å². The molecule has 1 aromatic carbocycles. The lowest BCUT2D eigenvalue weighted by atomic mass is 10.2. The van der Waals surface area contributed by atoms with Crippen LogP contribution in [0.25, 0.3) is 0 Å². The fourth-order valence-electron chi connectivity index (χ4n) is 1.76. The fraction of sp³-hybridized carbons (Fsp3) is 0.412. The number of rotatable bonds is 10. The molecule has 6 nitrogen and oxygen atoms in total. The van der Waals surface area contributed by atoms with E-state index in [1.54, 1.807) is 7.11 Å². The first kappa shape index (κ1) is 18.5. The molecule has 0 fully saturated rings. The number of hydrogen-bond acceptors (Lipinski definition) is 5. The minimum absolute atomic E-state index is 0.0509. The topological polar surface area (TPSA) is 83.4 Å². The second-order valence-electron chi connectivity index (χ2n) is 4.71. The van der Waals surface area contributed by atoms with Crippen LogP contribution >= 0.6 is 0 Å². The zero-order valence-electron chi connectivity index (χ0n) is 13.6. The van der Waals surface area contributed by atoms with E-state index in [2.05, 4.69) is 10.6 Å². The number of amides is 1. The number of ether oxygens (including phenoxy) is 2. The van der Waals surface area contributed by atoms with E-state index in [0.717, 1.165) is 17.7 Å². The number of carbonyl (C=O) groups is 1. The predicted molar refractivity (Wildman–Crippen MR) is 87.6 cm³/mol. The molecular formula is C17H23N3O3. The lowest BCUT2D eigenvalue weighted by Crippen LogP contribution is -2.25. The summed E-state index contributed by atoms with van der Waals surface area (Å²) in [5.41, 5.74) is 0.982. The van der Waals surface area contributed by atoms with Crippen LogP contribution < -0.4 is 15.4 Å². The third kappa shape index (κ3) is 7.34. The Balaban J connectivity index is 2.39. The first-order valence-corrected chi connectivity index (χ1v) is 7.53. The maximum Gasteiger partial charge on any atom is 0.263 e. The SMILES string of the molecule is CCOCCCN/C=C(/C#N)C(=O)NCc1ccc(OC)cc1. The van der Waals surface area contributed by atoms with Crippen LogP contribution in [0.5, 0.6) is 5.75 Å². The minimum atomic E-state index is -0.402. The van der Waals surface area contributed by atoms with Crippen molar-refractivity contribution < 1.29 is 14.3 Å². The van der Waals surface area contributed by atoms with Crippen molar-refractivity contribution >= 4 is 5.91 Å². The molecule has 1 amide bonds. The van der Waals surface area contributed by atoms with E-state index in [0.29, 0.717) is 26.3 Å². The summed E-state index contributed by atoms with van der Waals surface area (Å²) in [5.74, 6) is 0.356. The highest BCUT2D eigenvalue weighted by atomic mass is 16.5. The molecule has 0 saturated heterocycles. The summed E-state index contributed by atoms with van der Waals surface area (Å²) in [7, 11) is 1.60. The normalized spacial score (nSPS) is 10.7. The molecule has 0 aromatic heterocycles. The molecule has 1 aromatic rings. The smallest absolute Gasteiger partial charge is 0.263 e. The molecule has 0 aliphatic heterocycles. The molecule has 0 bridgehead atoms. The van der Waals surface area contributed by atoms with Gasteiger partial charge in [-0.25, -0.2) is 0 Å². The molecule has 0 radical (unpaired) electrons. The van der Waals surface area contributed by atoms with E-state index in [-0.39, 0.29) is 5.57 Å². The quantitative estimate of drug-likeness (QED) is 0.390. The summed E-state index contributed by atoms with van der Waals surface area (Å²) < 4.78 is 10.3. The minimum Gasteiger partial charge on any atom is -0.497 e. The van der Waals surface area contributed by atoms with Crippen molar-refractivity contribution in [1.82, 2.24) is 10.6 Å². The Morgan fingerprint density at radius 1 is 1.35 bits per heavy atom. The molecule has 6 heteroatoms. The standard InChI is InChI=1S/C17H23N3O3/c1-3-23-10-4-9-19-13-15(11-18)17(21)20-12-14-5-7-16(22-2)8-6-14/h5-8,13,19H,3-4,9-10,12H2,1-2H3,(H,20,21)/b15-13-. The summed E-state index contributed by atoms with van der Waals surface area (Å²) in [5, 5.41) is 14.7. The van der Waals surface area contributed by atoms with Crippen molar-refractivity contribution in [2.45, 2.75) is 19.9 Å². The van der Waals surface area contributed by atoms with Gasteiger partial charge in [0.05, 0.1) is 7.11 Å². The van der Waals surface area contributed by atoms with E-state index in [9.17, 15) is 4.79 Å². The van der Waals surface area contributed by atoms with Crippen LogP contribution in [-0.2, 0) is 16.1 Å². The van der Waals surface area contributed by atoms with Crippen LogP contribution in [0.3, 0.4) is 0 Å². The van der Waals surface area contributed by atoms with Crippen molar-refractivity contribution in [3.05, 3.63) is 41.6 Å². The van der Waals surface area contributed by atoms with E-state index in [1.165, 1.54) is 6.20 Å². The number of benzene rings is 1. The molecule has 0 aliphatic rings. The van der Waals surface area contributed by atoms with Crippen LogP contribution in [0.15, 0.2) is 36.0 Å². The average Bonchev–Trinajstić information content (AvgIpc) is 2.59. The highest BCUT2D eigenvalue weighted by molar-refractivity contribution is 5.97. The molecule has 0 atom stereocenters. The Labute approximate surface area is 137 Å². The van der Waals surface area contributed by atoms with Gasteiger partial charge >= 0.3 is 0 Å². The first-order chi connectivity index (χ1) is 11.2. The molecule has 1 rings (SSSR count). The summed E-state index contributed by atoms with van der Waals surface area (Å²) in [6.07, 6.45) is 2.26. The van der Waals surface area contributed by atoms with Gasteiger partial charge in [0, 0.05) is 32.5 Å². The summed E-state index contributed by atoms with van der Waals surface area (Å²) in [4.78, 5) is 11.9. The van der Waals surface area contributed by atoms with Crippen LogP contribution in [0, 0.1) is 11.3 Å². The average molecular weight is 317 g/mol. The summed E-state index contributed by atoms with van der Waals surface area (Å²) in [6, 6.07) is 9.26. The zero-order chi connectivity index (χ0) is 16.9. The summed E-state index contributed by atoms with van der Waals surface area (Å²) >= 11 is 0. The monoisotopic (exact) mass is 317 g/mol. The Morgan fingerprint density at radius 3 is 2.70 bits per heavy atom. The van der Waals surface area contributed by atoms with Gasteiger partial charge in [0.1, 0.15) is 17.4 Å². The Morgan fingerprint density at radius 2 is 2.09 bits per heavy atom. The van der Waals surface area contributed by atoms with E-state index >= 15 is 0 Å². The largest absolute Gasteiger partial charge is 0.497 e. The fourth-order valence-corrected chi connectivity index (χ4v) is 1.76. The zero-order valence-corrected chi connectivity index (χ0v) is 13.6. The number of nitriles is 1. The molecule has 2 N–H and O–H groups in total. The molecule has 0 aliphatic carbocycles. The van der Waals surface area contributed by atoms with Gasteiger partial charge in [-0.05, 0) is 31.0 Å². The lowest BCUT2D eigenvalue weighted by Gasteiger charge is -2.06. The maximum absolute atomic E-state index is 11.9. The number of hydrogen-bond donors (Lipinski definition) is 2. The second-order valence-corrected chi connectivity index (χ2v) is 4.71. The van der Waals surface area contributed by atoms with Gasteiger partial charge < -0.3 is 20.1 Å². The van der Waals surface area contributed by atoms with Crippen LogP contribution in [0.4, 0.5) is 0 Å².